The van der Waals surface area contributed by atoms with Crippen LogP contribution in [0.5, 0.6) is 0 Å². The highest BCUT2D eigenvalue weighted by molar-refractivity contribution is 5.85. The molecule has 2 N–H and O–H groups in total. The second-order valence-electron chi connectivity index (χ2n) is 3.44. The Bertz CT molecular complexity index is 157. The van der Waals surface area contributed by atoms with Crippen molar-refractivity contribution in [2.75, 3.05) is 6.54 Å². The molecule has 0 heterocycles. The van der Waals surface area contributed by atoms with Crippen LogP contribution in [0.25, 0.3) is 0 Å². The summed E-state index contributed by atoms with van der Waals surface area (Å²) >= 11 is 0. The van der Waals surface area contributed by atoms with E-state index in [0.29, 0.717) is 25.3 Å². The van der Waals surface area contributed by atoms with Crippen LogP contribution in [0.2, 0.25) is 0 Å². The van der Waals surface area contributed by atoms with Crippen LogP contribution < -0.4 is 5.73 Å². The van der Waals surface area contributed by atoms with Gasteiger partial charge in [0.05, 0.1) is 6.10 Å². The molecule has 0 aliphatic heterocycles. The second kappa shape index (κ2) is 5.78. The molecule has 1 aliphatic rings. The smallest absolute Gasteiger partial charge is 0.330 e. The van der Waals surface area contributed by atoms with Gasteiger partial charge in [0.1, 0.15) is 0 Å². The number of alkyl halides is 3. The molecule has 0 atom stereocenters. The molecule has 6 heteroatoms. The molecule has 1 aliphatic carbocycles. The Morgan fingerprint density at radius 2 is 1.64 bits per heavy atom. The Labute approximate surface area is 87.4 Å². The molecule has 0 amide bonds. The number of nitrogens with two attached hydrogens (primary N) is 1. The fraction of sp³-hybridized carbons (Fsp3) is 1.00. The van der Waals surface area contributed by atoms with Crippen molar-refractivity contribution in [1.82, 2.24) is 0 Å². The fourth-order valence-electron chi connectivity index (χ4n) is 1.67. The lowest BCUT2D eigenvalue weighted by Crippen LogP contribution is -2.30. The zero-order valence-corrected chi connectivity index (χ0v) is 8.53. The predicted molar refractivity (Wildman–Crippen MR) is 49.2 cm³/mol. The lowest BCUT2D eigenvalue weighted by molar-refractivity contribution is -0.345. The Kier molecular flexibility index (Phi) is 5.78. The molecule has 1 fully saturated rings. The largest absolute Gasteiger partial charge is 0.522 e. The Balaban J connectivity index is 0.00000169. The molecule has 86 valence electrons. The molecule has 0 saturated heterocycles. The van der Waals surface area contributed by atoms with Gasteiger partial charge in [-0.1, -0.05) is 0 Å². The second-order valence-corrected chi connectivity index (χ2v) is 3.44. The third-order valence-electron chi connectivity index (χ3n) is 2.43. The summed E-state index contributed by atoms with van der Waals surface area (Å²) < 4.78 is 39.2. The normalized spacial score (nSPS) is 28.3. The van der Waals surface area contributed by atoms with Gasteiger partial charge in [0.15, 0.2) is 0 Å². The monoisotopic (exact) mass is 233 g/mol. The summed E-state index contributed by atoms with van der Waals surface area (Å²) in [6.07, 6.45) is -2.69. The van der Waals surface area contributed by atoms with Crippen LogP contribution in [-0.4, -0.2) is 19.0 Å². The fourth-order valence-corrected chi connectivity index (χ4v) is 1.67. The van der Waals surface area contributed by atoms with E-state index in [1.165, 1.54) is 0 Å². The molecule has 2 nitrogen and oxygen atoms in total. The third kappa shape index (κ3) is 5.02. The van der Waals surface area contributed by atoms with Crippen molar-refractivity contribution in [1.29, 1.82) is 0 Å². The average molecular weight is 234 g/mol. The summed E-state index contributed by atoms with van der Waals surface area (Å²) in [5.74, 6) is 0.382. The molecule has 0 spiro atoms. The summed E-state index contributed by atoms with van der Waals surface area (Å²) in [6.45, 7) is 0.568. The Morgan fingerprint density at radius 1 is 1.14 bits per heavy atom. The van der Waals surface area contributed by atoms with Crippen LogP contribution in [-0.2, 0) is 4.74 Å². The van der Waals surface area contributed by atoms with Gasteiger partial charge in [-0.3, -0.25) is 4.74 Å². The van der Waals surface area contributed by atoms with Crippen molar-refractivity contribution < 1.29 is 17.9 Å². The number of hydrogen-bond acceptors (Lipinski definition) is 2. The average Bonchev–Trinajstić information content (AvgIpc) is 2.03. The molecule has 0 unspecified atom stereocenters. The maximum absolute atomic E-state index is 11.8. The van der Waals surface area contributed by atoms with E-state index in [4.69, 9.17) is 5.73 Å². The van der Waals surface area contributed by atoms with Crippen LogP contribution in [0.4, 0.5) is 13.2 Å². The minimum Gasteiger partial charge on any atom is -0.330 e. The number of rotatable bonds is 2. The molecule has 0 aromatic carbocycles. The summed E-state index contributed by atoms with van der Waals surface area (Å²) in [6, 6.07) is 0. The van der Waals surface area contributed by atoms with Crippen LogP contribution in [0.1, 0.15) is 25.7 Å². The van der Waals surface area contributed by atoms with E-state index in [9.17, 15) is 13.2 Å². The van der Waals surface area contributed by atoms with Gasteiger partial charge in [0, 0.05) is 0 Å². The van der Waals surface area contributed by atoms with E-state index >= 15 is 0 Å². The van der Waals surface area contributed by atoms with Crippen molar-refractivity contribution in [3.63, 3.8) is 0 Å². The van der Waals surface area contributed by atoms with Gasteiger partial charge in [0.25, 0.3) is 0 Å². The molecular formula is C8H15ClF3NO. The van der Waals surface area contributed by atoms with E-state index in [1.54, 1.807) is 0 Å². The van der Waals surface area contributed by atoms with Crippen molar-refractivity contribution in [2.24, 2.45) is 11.7 Å². The lowest BCUT2D eigenvalue weighted by Gasteiger charge is -2.27. The van der Waals surface area contributed by atoms with Gasteiger partial charge in [-0.05, 0) is 38.1 Å². The predicted octanol–water partition coefficient (Wildman–Crippen LogP) is 2.46. The van der Waals surface area contributed by atoms with Gasteiger partial charge in [0.2, 0.25) is 0 Å². The third-order valence-corrected chi connectivity index (χ3v) is 2.43. The minimum atomic E-state index is -4.49. The maximum Gasteiger partial charge on any atom is 0.522 e. The lowest BCUT2D eigenvalue weighted by atomic mass is 9.87. The number of ether oxygens (including phenoxy) is 1. The van der Waals surface area contributed by atoms with Crippen LogP contribution in [0, 0.1) is 5.92 Å². The van der Waals surface area contributed by atoms with Gasteiger partial charge in [-0.25, -0.2) is 0 Å². The van der Waals surface area contributed by atoms with Crippen LogP contribution >= 0.6 is 12.4 Å². The molecule has 0 aromatic heterocycles. The van der Waals surface area contributed by atoms with Gasteiger partial charge < -0.3 is 5.73 Å². The quantitative estimate of drug-likeness (QED) is 0.795. The molecule has 0 bridgehead atoms. The maximum atomic E-state index is 11.8. The topological polar surface area (TPSA) is 35.2 Å². The van der Waals surface area contributed by atoms with Crippen molar-refractivity contribution in [2.45, 2.75) is 38.1 Å². The summed E-state index contributed by atoms with van der Waals surface area (Å²) in [7, 11) is 0. The van der Waals surface area contributed by atoms with Crippen LogP contribution in [0.3, 0.4) is 0 Å². The van der Waals surface area contributed by atoms with E-state index in [-0.39, 0.29) is 12.4 Å². The highest BCUT2D eigenvalue weighted by atomic mass is 35.5. The molecule has 0 radical (unpaired) electrons. The first kappa shape index (κ1) is 14.0. The SMILES string of the molecule is Cl.NCC1CCC(OC(F)(F)F)CC1. The van der Waals surface area contributed by atoms with Gasteiger partial charge >= 0.3 is 6.36 Å². The number of halogens is 4. The minimum absolute atomic E-state index is 0. The van der Waals surface area contributed by atoms with Crippen molar-refractivity contribution in [3.8, 4) is 0 Å². The zero-order valence-electron chi connectivity index (χ0n) is 7.72. The van der Waals surface area contributed by atoms with Gasteiger partial charge in [-0.2, -0.15) is 0 Å². The van der Waals surface area contributed by atoms with Crippen LogP contribution in [0.15, 0.2) is 0 Å². The highest BCUT2D eigenvalue weighted by Gasteiger charge is 2.34. The zero-order chi connectivity index (χ0) is 9.90. The first-order valence-electron chi connectivity index (χ1n) is 4.46. The standard InChI is InChI=1S/C8H14F3NO.ClH/c9-8(10,11)13-7-3-1-6(5-12)2-4-7;/h6-7H,1-5,12H2;1H. The van der Waals surface area contributed by atoms with Gasteiger partial charge in [-0.15, -0.1) is 25.6 Å². The van der Waals surface area contributed by atoms with E-state index in [2.05, 4.69) is 4.74 Å². The first-order chi connectivity index (χ1) is 6.01. The molecule has 1 saturated carbocycles. The van der Waals surface area contributed by atoms with E-state index in [1.807, 2.05) is 0 Å². The van der Waals surface area contributed by atoms with E-state index < -0.39 is 12.5 Å². The molecular weight excluding hydrogens is 219 g/mol. The van der Waals surface area contributed by atoms with Crippen molar-refractivity contribution >= 4 is 12.4 Å². The summed E-state index contributed by atoms with van der Waals surface area (Å²) in [4.78, 5) is 0. The summed E-state index contributed by atoms with van der Waals surface area (Å²) in [5.41, 5.74) is 5.41. The molecule has 1 rings (SSSR count). The highest BCUT2D eigenvalue weighted by Crippen LogP contribution is 2.30. The van der Waals surface area contributed by atoms with Crippen molar-refractivity contribution in [3.05, 3.63) is 0 Å². The van der Waals surface area contributed by atoms with E-state index in [0.717, 1.165) is 12.8 Å². The molecule has 14 heavy (non-hydrogen) atoms. The first-order valence-corrected chi connectivity index (χ1v) is 4.46. The number of hydrogen-bond donors (Lipinski definition) is 1. The Hall–Kier alpha value is -0.0000000000000000555. The summed E-state index contributed by atoms with van der Waals surface area (Å²) in [5, 5.41) is 0. The molecule has 0 aromatic rings. The Morgan fingerprint density at radius 3 is 2.00 bits per heavy atom.